The number of nitrogens with zero attached hydrogens (tertiary/aromatic N) is 2. The first-order valence-corrected chi connectivity index (χ1v) is 8.57. The highest BCUT2D eigenvalue weighted by Crippen LogP contribution is 2.22. The topological polar surface area (TPSA) is 66.9 Å². The highest BCUT2D eigenvalue weighted by Gasteiger charge is 2.06. The van der Waals surface area contributed by atoms with Gasteiger partial charge in [0.1, 0.15) is 5.82 Å². The normalized spacial score (nSPS) is 10.3. The molecule has 1 aromatic carbocycles. The molecule has 1 amide bonds. The second kappa shape index (κ2) is 7.90. The summed E-state index contributed by atoms with van der Waals surface area (Å²) in [6.07, 6.45) is 4.99. The quantitative estimate of drug-likeness (QED) is 0.677. The number of aryl methyl sites for hydroxylation is 1. The number of hydrogen-bond acceptors (Lipinski definition) is 4. The second-order valence-electron chi connectivity index (χ2n) is 5.57. The predicted molar refractivity (Wildman–Crippen MR) is 102 cm³/mol. The maximum absolute atomic E-state index is 12.2. The SMILES string of the molecule is Cc1ccc(Nc2ccc(C(=O)NCc3cccnc3)cn2)cc1Br. The third kappa shape index (κ3) is 4.64. The molecule has 0 saturated carbocycles. The van der Waals surface area contributed by atoms with E-state index in [-0.39, 0.29) is 5.91 Å². The number of aromatic nitrogens is 2. The fourth-order valence-corrected chi connectivity index (χ4v) is 2.59. The van der Waals surface area contributed by atoms with Gasteiger partial charge in [-0.25, -0.2) is 4.98 Å². The van der Waals surface area contributed by atoms with E-state index in [0.29, 0.717) is 17.9 Å². The number of benzene rings is 1. The Hall–Kier alpha value is -2.73. The molecule has 0 atom stereocenters. The number of halogens is 1. The van der Waals surface area contributed by atoms with Gasteiger partial charge in [0.2, 0.25) is 0 Å². The lowest BCUT2D eigenvalue weighted by Crippen LogP contribution is -2.22. The number of amides is 1. The molecule has 2 N–H and O–H groups in total. The Morgan fingerprint density at radius 3 is 2.72 bits per heavy atom. The van der Waals surface area contributed by atoms with Crippen molar-refractivity contribution in [3.63, 3.8) is 0 Å². The molecule has 0 aliphatic heterocycles. The van der Waals surface area contributed by atoms with Gasteiger partial charge in [-0.2, -0.15) is 0 Å². The first kappa shape index (κ1) is 17.1. The summed E-state index contributed by atoms with van der Waals surface area (Å²) < 4.78 is 1.03. The minimum Gasteiger partial charge on any atom is -0.348 e. The molecule has 25 heavy (non-hydrogen) atoms. The van der Waals surface area contributed by atoms with Gasteiger partial charge < -0.3 is 10.6 Å². The number of carbonyl (C=O) groups excluding carboxylic acids is 1. The van der Waals surface area contributed by atoms with E-state index in [2.05, 4.69) is 36.5 Å². The molecule has 0 aliphatic rings. The Balaban J connectivity index is 1.61. The summed E-state index contributed by atoms with van der Waals surface area (Å²) in [5.74, 6) is 0.514. The van der Waals surface area contributed by atoms with Crippen LogP contribution in [0.1, 0.15) is 21.5 Å². The number of pyridine rings is 2. The highest BCUT2D eigenvalue weighted by atomic mass is 79.9. The minimum atomic E-state index is -0.166. The third-order valence-corrected chi connectivity index (χ3v) is 4.50. The van der Waals surface area contributed by atoms with E-state index >= 15 is 0 Å². The summed E-state index contributed by atoms with van der Waals surface area (Å²) in [7, 11) is 0. The van der Waals surface area contributed by atoms with Crippen LogP contribution in [0.5, 0.6) is 0 Å². The van der Waals surface area contributed by atoms with Crippen LogP contribution >= 0.6 is 15.9 Å². The minimum absolute atomic E-state index is 0.166. The van der Waals surface area contributed by atoms with Crippen molar-refractivity contribution in [1.29, 1.82) is 0 Å². The van der Waals surface area contributed by atoms with Crippen molar-refractivity contribution in [2.45, 2.75) is 13.5 Å². The fraction of sp³-hybridized carbons (Fsp3) is 0.105. The van der Waals surface area contributed by atoms with Gasteiger partial charge in [0.05, 0.1) is 5.56 Å². The molecule has 3 aromatic rings. The zero-order valence-corrected chi connectivity index (χ0v) is 15.2. The molecule has 5 nitrogen and oxygen atoms in total. The second-order valence-corrected chi connectivity index (χ2v) is 6.42. The third-order valence-electron chi connectivity index (χ3n) is 3.65. The van der Waals surface area contributed by atoms with Gasteiger partial charge in [-0.15, -0.1) is 0 Å². The maximum Gasteiger partial charge on any atom is 0.253 e. The van der Waals surface area contributed by atoms with Crippen LogP contribution in [0.2, 0.25) is 0 Å². The van der Waals surface area contributed by atoms with Gasteiger partial charge >= 0.3 is 0 Å². The van der Waals surface area contributed by atoms with Crippen molar-refractivity contribution in [2.75, 3.05) is 5.32 Å². The number of carbonyl (C=O) groups is 1. The van der Waals surface area contributed by atoms with Crippen LogP contribution in [0.3, 0.4) is 0 Å². The molecular formula is C19H17BrN4O. The molecule has 126 valence electrons. The Kier molecular flexibility index (Phi) is 5.40. The molecule has 6 heteroatoms. The van der Waals surface area contributed by atoms with Crippen LogP contribution in [0.4, 0.5) is 11.5 Å². The summed E-state index contributed by atoms with van der Waals surface area (Å²) in [4.78, 5) is 20.5. The van der Waals surface area contributed by atoms with Gasteiger partial charge in [0.25, 0.3) is 5.91 Å². The molecule has 0 fully saturated rings. The number of anilines is 2. The Morgan fingerprint density at radius 2 is 2.04 bits per heavy atom. The first-order valence-electron chi connectivity index (χ1n) is 7.78. The molecule has 0 radical (unpaired) electrons. The van der Waals surface area contributed by atoms with Gasteiger partial charge in [-0.1, -0.05) is 28.1 Å². The molecule has 3 rings (SSSR count). The van der Waals surface area contributed by atoms with Crippen molar-refractivity contribution >= 4 is 33.3 Å². The highest BCUT2D eigenvalue weighted by molar-refractivity contribution is 9.10. The van der Waals surface area contributed by atoms with Crippen molar-refractivity contribution in [3.05, 3.63) is 82.2 Å². The first-order chi connectivity index (χ1) is 12.1. The standard InChI is InChI=1S/C19H17BrN4O/c1-13-4-6-16(9-17(13)20)24-18-7-5-15(12-22-18)19(25)23-11-14-3-2-8-21-10-14/h2-10,12H,11H2,1H3,(H,22,24)(H,23,25). The van der Waals surface area contributed by atoms with E-state index in [1.54, 1.807) is 30.7 Å². The monoisotopic (exact) mass is 396 g/mol. The molecule has 2 aromatic heterocycles. The average Bonchev–Trinajstić information content (AvgIpc) is 2.64. The van der Waals surface area contributed by atoms with Crippen molar-refractivity contribution in [2.24, 2.45) is 0 Å². The van der Waals surface area contributed by atoms with Gasteiger partial charge in [0, 0.05) is 35.3 Å². The summed E-state index contributed by atoms with van der Waals surface area (Å²) in [5, 5.41) is 6.07. The van der Waals surface area contributed by atoms with E-state index in [0.717, 1.165) is 15.7 Å². The van der Waals surface area contributed by atoms with Crippen LogP contribution in [0.15, 0.2) is 65.5 Å². The molecule has 0 aliphatic carbocycles. The van der Waals surface area contributed by atoms with Crippen molar-refractivity contribution in [3.8, 4) is 0 Å². The maximum atomic E-state index is 12.2. The number of hydrogen-bond donors (Lipinski definition) is 2. The fourth-order valence-electron chi connectivity index (χ4n) is 2.21. The molecule has 0 bridgehead atoms. The lowest BCUT2D eigenvalue weighted by molar-refractivity contribution is 0.0950. The van der Waals surface area contributed by atoms with Crippen LogP contribution in [-0.4, -0.2) is 15.9 Å². The zero-order chi connectivity index (χ0) is 17.6. The van der Waals surface area contributed by atoms with E-state index in [1.807, 2.05) is 37.3 Å². The Morgan fingerprint density at radius 1 is 1.16 bits per heavy atom. The predicted octanol–water partition coefficient (Wildman–Crippen LogP) is 4.22. The summed E-state index contributed by atoms with van der Waals surface area (Å²) in [6.45, 7) is 2.47. The van der Waals surface area contributed by atoms with Gasteiger partial charge in [-0.3, -0.25) is 9.78 Å². The lowest BCUT2D eigenvalue weighted by Gasteiger charge is -2.08. The van der Waals surface area contributed by atoms with Crippen molar-refractivity contribution < 1.29 is 4.79 Å². The van der Waals surface area contributed by atoms with Crippen LogP contribution in [0.25, 0.3) is 0 Å². The van der Waals surface area contributed by atoms with Crippen LogP contribution < -0.4 is 10.6 Å². The van der Waals surface area contributed by atoms with Crippen LogP contribution in [0, 0.1) is 6.92 Å². The number of rotatable bonds is 5. The summed E-state index contributed by atoms with van der Waals surface area (Å²) >= 11 is 3.51. The van der Waals surface area contributed by atoms with Crippen LogP contribution in [-0.2, 0) is 6.54 Å². The lowest BCUT2D eigenvalue weighted by atomic mass is 10.2. The van der Waals surface area contributed by atoms with Crippen molar-refractivity contribution in [1.82, 2.24) is 15.3 Å². The molecule has 2 heterocycles. The Labute approximate surface area is 154 Å². The molecular weight excluding hydrogens is 380 g/mol. The summed E-state index contributed by atoms with van der Waals surface area (Å²) in [6, 6.07) is 13.3. The summed E-state index contributed by atoms with van der Waals surface area (Å²) in [5.41, 5.74) is 3.56. The largest absolute Gasteiger partial charge is 0.348 e. The smallest absolute Gasteiger partial charge is 0.253 e. The van der Waals surface area contributed by atoms with E-state index in [1.165, 1.54) is 5.56 Å². The van der Waals surface area contributed by atoms with Gasteiger partial charge in [-0.05, 0) is 48.4 Å². The molecule has 0 saturated heterocycles. The number of nitrogens with one attached hydrogen (secondary N) is 2. The van der Waals surface area contributed by atoms with Gasteiger partial charge in [0.15, 0.2) is 0 Å². The zero-order valence-electron chi connectivity index (χ0n) is 13.7. The molecule has 0 spiro atoms. The van der Waals surface area contributed by atoms with E-state index in [4.69, 9.17) is 0 Å². The van der Waals surface area contributed by atoms with E-state index < -0.39 is 0 Å². The van der Waals surface area contributed by atoms with E-state index in [9.17, 15) is 4.79 Å². The average molecular weight is 397 g/mol. The molecule has 0 unspecified atom stereocenters. The Bertz CT molecular complexity index is 866.